The van der Waals surface area contributed by atoms with E-state index >= 15 is 0 Å². The second-order valence-corrected chi connectivity index (χ2v) is 27.1. The molecule has 20 rings (SSSR count). The van der Waals surface area contributed by atoms with E-state index in [1.807, 2.05) is 0 Å². The van der Waals surface area contributed by atoms with E-state index in [-0.39, 0.29) is 0 Å². The van der Waals surface area contributed by atoms with Gasteiger partial charge in [-0.2, -0.15) is 0 Å². The maximum Gasteiger partial charge on any atom is -0.00264 e. The number of benzene rings is 20. The van der Waals surface area contributed by atoms with Crippen molar-refractivity contribution in [3.8, 4) is 111 Å². The fourth-order valence-corrected chi connectivity index (χ4v) is 16.7. The van der Waals surface area contributed by atoms with E-state index < -0.39 is 0 Å². The number of fused-ring (bicyclic) bond motifs is 8. The van der Waals surface area contributed by atoms with Gasteiger partial charge in [0, 0.05) is 0 Å². The average molecular weight is 1320 g/mol. The predicted octanol–water partition coefficient (Wildman–Crippen LogP) is 29.3. The molecule has 0 amide bonds. The van der Waals surface area contributed by atoms with Gasteiger partial charge in [-0.05, 0) is 197 Å². The van der Waals surface area contributed by atoms with E-state index in [9.17, 15) is 0 Å². The van der Waals surface area contributed by atoms with Crippen LogP contribution in [0.2, 0.25) is 0 Å². The molecule has 0 aliphatic carbocycles. The van der Waals surface area contributed by atoms with Crippen LogP contribution in [0.4, 0.5) is 0 Å². The van der Waals surface area contributed by atoms with Gasteiger partial charge in [-0.3, -0.25) is 0 Å². The van der Waals surface area contributed by atoms with Crippen molar-refractivity contribution in [2.24, 2.45) is 0 Å². The van der Waals surface area contributed by atoms with Gasteiger partial charge < -0.3 is 0 Å². The van der Waals surface area contributed by atoms with Crippen LogP contribution in [0, 0.1) is 0 Å². The topological polar surface area (TPSA) is 0 Å². The Hall–Kier alpha value is -13.5. The Morgan fingerprint density at radius 1 is 0.0673 bits per heavy atom. The molecule has 0 atom stereocenters. The lowest BCUT2D eigenvalue weighted by Gasteiger charge is -2.19. The SMILES string of the molecule is c1ccc(-c2c3ccccc3c(-c3ccc(-c4c5ccccc5c(-c5ccccc5)c5ccccc45)cc3)c3ccccc23)cc1.c1ccc(-c2ccc(-c3c4ccccc4c(-c4ccc(-c5c6ccccc6c(-c6ccc(-c7ccccc7)cc6)c6ccccc56)cc4)c4ccccc34)cc2)cc1. The molecule has 0 unspecified atom stereocenters. The Morgan fingerprint density at radius 3 is 0.288 bits per heavy atom. The van der Waals surface area contributed by atoms with Crippen molar-refractivity contribution in [2.75, 3.05) is 0 Å². The molecule has 0 N–H and O–H groups in total. The van der Waals surface area contributed by atoms with Crippen molar-refractivity contribution in [1.82, 2.24) is 0 Å². The number of hydrogen-bond acceptors (Lipinski definition) is 0. The molecule has 0 saturated heterocycles. The van der Waals surface area contributed by atoms with E-state index in [0.29, 0.717) is 0 Å². The van der Waals surface area contributed by atoms with Crippen LogP contribution in [-0.2, 0) is 0 Å². The van der Waals surface area contributed by atoms with Gasteiger partial charge in [0.05, 0.1) is 0 Å². The quantitative estimate of drug-likeness (QED) is 0.120. The minimum Gasteiger partial charge on any atom is -0.0622 e. The van der Waals surface area contributed by atoms with Gasteiger partial charge >= 0.3 is 0 Å². The molecule has 0 fully saturated rings. The van der Waals surface area contributed by atoms with Crippen LogP contribution in [0.3, 0.4) is 0 Å². The zero-order valence-electron chi connectivity index (χ0n) is 57.3. The van der Waals surface area contributed by atoms with Gasteiger partial charge in [0.15, 0.2) is 0 Å². The molecule has 0 aliphatic rings. The van der Waals surface area contributed by atoms with Crippen molar-refractivity contribution >= 4 is 86.2 Å². The Labute approximate surface area is 606 Å². The summed E-state index contributed by atoms with van der Waals surface area (Å²) in [7, 11) is 0. The number of rotatable bonds is 10. The summed E-state index contributed by atoms with van der Waals surface area (Å²) < 4.78 is 0. The van der Waals surface area contributed by atoms with Crippen LogP contribution in [0.15, 0.2) is 413 Å². The van der Waals surface area contributed by atoms with Gasteiger partial charge in [0.25, 0.3) is 0 Å². The first-order valence-corrected chi connectivity index (χ1v) is 36.0. The van der Waals surface area contributed by atoms with E-state index in [0.717, 1.165) is 0 Å². The highest BCUT2D eigenvalue weighted by Gasteiger charge is 2.23. The molecule has 0 bridgehead atoms. The molecule has 484 valence electrons. The van der Waals surface area contributed by atoms with Gasteiger partial charge in [0.2, 0.25) is 0 Å². The molecule has 0 heterocycles. The molecule has 0 aromatic heterocycles. The average Bonchev–Trinajstić information content (AvgIpc) is 0.764. The monoisotopic (exact) mass is 1320 g/mol. The molecule has 0 radical (unpaired) electrons. The number of hydrogen-bond donors (Lipinski definition) is 0. The maximum atomic E-state index is 2.33. The van der Waals surface area contributed by atoms with Gasteiger partial charge in [-0.15, -0.1) is 0 Å². The Morgan fingerprint density at radius 2 is 0.154 bits per heavy atom. The van der Waals surface area contributed by atoms with Crippen molar-refractivity contribution in [3.05, 3.63) is 413 Å². The first-order valence-electron chi connectivity index (χ1n) is 36.0. The molecular formula is C104H68. The fourth-order valence-electron chi connectivity index (χ4n) is 16.7. The van der Waals surface area contributed by atoms with Crippen molar-refractivity contribution < 1.29 is 0 Å². The maximum absolute atomic E-state index is 2.33. The summed E-state index contributed by atoms with van der Waals surface area (Å²) in [6.07, 6.45) is 0. The standard InChI is InChI=1S/C58H38.C46H30/c1-3-15-39(16-4-1)41-27-31-43(32-28-41)55-47-19-7-11-23-51(47)57(52-24-12-8-20-48(52)55)45-35-37-46(38-36-45)58-53-25-13-9-21-49(53)56(50-22-10-14-26-54(50)58)44-33-29-42(30-34-44)40-17-5-2-6-18-40;1-3-15-31(16-4-1)43-35-19-7-11-23-39(35)45(40-24-12-8-20-36(40)43)33-27-29-34(30-28-33)46-41-25-13-9-21-37(41)44(32-17-5-2-6-18-32)38-22-10-14-26-42(38)46/h1-38H;1-30H. The lowest BCUT2D eigenvalue weighted by molar-refractivity contribution is 1.61. The smallest absolute Gasteiger partial charge is 0.00264 e. The summed E-state index contributed by atoms with van der Waals surface area (Å²) >= 11 is 0. The molecule has 0 heteroatoms. The second-order valence-electron chi connectivity index (χ2n) is 27.1. The predicted molar refractivity (Wildman–Crippen MR) is 447 cm³/mol. The molecular weight excluding hydrogens is 1250 g/mol. The normalized spacial score (nSPS) is 11.5. The van der Waals surface area contributed by atoms with Crippen molar-refractivity contribution in [2.45, 2.75) is 0 Å². The summed E-state index contributed by atoms with van der Waals surface area (Å²) in [5, 5.41) is 20.3. The highest BCUT2D eigenvalue weighted by atomic mass is 14.3. The second kappa shape index (κ2) is 26.5. The summed E-state index contributed by atoms with van der Waals surface area (Å²) in [6.45, 7) is 0. The van der Waals surface area contributed by atoms with E-state index in [1.54, 1.807) is 0 Å². The third-order valence-corrected chi connectivity index (χ3v) is 21.3. The highest BCUT2D eigenvalue weighted by molar-refractivity contribution is 6.26. The summed E-state index contributed by atoms with van der Waals surface area (Å²) in [5.74, 6) is 0. The van der Waals surface area contributed by atoms with E-state index in [1.165, 1.54) is 197 Å². The molecule has 0 spiro atoms. The minimum absolute atomic E-state index is 1.21. The van der Waals surface area contributed by atoms with E-state index in [4.69, 9.17) is 0 Å². The zero-order valence-corrected chi connectivity index (χ0v) is 57.3. The van der Waals surface area contributed by atoms with E-state index in [2.05, 4.69) is 413 Å². The first kappa shape index (κ1) is 61.6. The van der Waals surface area contributed by atoms with Crippen LogP contribution in [-0.4, -0.2) is 0 Å². The third kappa shape index (κ3) is 10.8. The Kier molecular flexibility index (Phi) is 15.7. The molecule has 104 heavy (non-hydrogen) atoms. The van der Waals surface area contributed by atoms with Crippen molar-refractivity contribution in [3.63, 3.8) is 0 Å². The van der Waals surface area contributed by atoms with Crippen LogP contribution in [0.1, 0.15) is 0 Å². The Bertz CT molecular complexity index is 5980. The molecule has 20 aromatic rings. The molecule has 0 aliphatic heterocycles. The third-order valence-electron chi connectivity index (χ3n) is 21.3. The Balaban J connectivity index is 0.000000147. The first-order chi connectivity index (χ1) is 51.7. The largest absolute Gasteiger partial charge is 0.0622 e. The van der Waals surface area contributed by atoms with Gasteiger partial charge in [0.1, 0.15) is 0 Å². The van der Waals surface area contributed by atoms with Crippen molar-refractivity contribution in [1.29, 1.82) is 0 Å². The highest BCUT2D eigenvalue weighted by Crippen LogP contribution is 2.50. The van der Waals surface area contributed by atoms with Crippen LogP contribution in [0.5, 0.6) is 0 Å². The lowest BCUT2D eigenvalue weighted by atomic mass is 9.84. The summed E-state index contributed by atoms with van der Waals surface area (Å²) in [6, 6.07) is 151. The van der Waals surface area contributed by atoms with Crippen LogP contribution >= 0.6 is 0 Å². The summed E-state index contributed by atoms with van der Waals surface area (Å²) in [4.78, 5) is 0. The molecule has 20 aromatic carbocycles. The summed E-state index contributed by atoms with van der Waals surface area (Å²) in [5.41, 5.74) is 25.0. The zero-order chi connectivity index (χ0) is 68.9. The van der Waals surface area contributed by atoms with Crippen LogP contribution < -0.4 is 0 Å². The molecule has 0 saturated carbocycles. The van der Waals surface area contributed by atoms with Crippen LogP contribution in [0.25, 0.3) is 197 Å². The fraction of sp³-hybridized carbons (Fsp3) is 0. The lowest BCUT2D eigenvalue weighted by Crippen LogP contribution is -1.92. The van der Waals surface area contributed by atoms with Gasteiger partial charge in [-0.1, -0.05) is 413 Å². The van der Waals surface area contributed by atoms with Gasteiger partial charge in [-0.25, -0.2) is 0 Å². The molecule has 0 nitrogen and oxygen atoms in total. The minimum atomic E-state index is 1.21.